The van der Waals surface area contributed by atoms with Crippen LogP contribution in [0.4, 0.5) is 4.39 Å². The maximum absolute atomic E-state index is 13.4. The maximum atomic E-state index is 13.4. The SMILES string of the molecule is CCC(N)Cc1cc(F)ccc1OCCN1CCCC1. The van der Waals surface area contributed by atoms with E-state index >= 15 is 0 Å². The molecule has 0 radical (unpaired) electrons. The Balaban J connectivity index is 1.91. The molecule has 1 aliphatic rings. The first-order chi connectivity index (χ1) is 9.69. The van der Waals surface area contributed by atoms with E-state index in [9.17, 15) is 4.39 Å². The van der Waals surface area contributed by atoms with E-state index in [1.54, 1.807) is 12.1 Å². The van der Waals surface area contributed by atoms with Crippen LogP contribution in [-0.2, 0) is 6.42 Å². The first-order valence-electron chi connectivity index (χ1n) is 7.58. The van der Waals surface area contributed by atoms with Gasteiger partial charge in [-0.3, -0.25) is 4.90 Å². The molecule has 0 aromatic heterocycles. The van der Waals surface area contributed by atoms with Gasteiger partial charge in [0.2, 0.25) is 0 Å². The molecule has 1 aliphatic heterocycles. The summed E-state index contributed by atoms with van der Waals surface area (Å²) < 4.78 is 19.2. The van der Waals surface area contributed by atoms with Crippen LogP contribution in [0.5, 0.6) is 5.75 Å². The van der Waals surface area contributed by atoms with Crippen LogP contribution in [0.2, 0.25) is 0 Å². The molecule has 0 aliphatic carbocycles. The molecule has 0 saturated carbocycles. The summed E-state index contributed by atoms with van der Waals surface area (Å²) in [5.74, 6) is 0.546. The third-order valence-electron chi connectivity index (χ3n) is 3.89. The van der Waals surface area contributed by atoms with Crippen LogP contribution in [0, 0.1) is 5.82 Å². The molecule has 1 aromatic rings. The van der Waals surface area contributed by atoms with Crippen molar-refractivity contribution in [3.63, 3.8) is 0 Å². The summed E-state index contributed by atoms with van der Waals surface area (Å²) in [5.41, 5.74) is 6.84. The van der Waals surface area contributed by atoms with Crippen molar-refractivity contribution in [1.29, 1.82) is 0 Å². The minimum absolute atomic E-state index is 0.0535. The predicted octanol–water partition coefficient (Wildman–Crippen LogP) is 2.58. The van der Waals surface area contributed by atoms with Crippen LogP contribution in [0.15, 0.2) is 18.2 Å². The van der Waals surface area contributed by atoms with Gasteiger partial charge in [0, 0.05) is 12.6 Å². The standard InChI is InChI=1S/C16H25FN2O/c1-2-15(18)12-13-11-14(17)5-6-16(13)20-10-9-19-7-3-4-8-19/h5-6,11,15H,2-4,7-10,12,18H2,1H3. The van der Waals surface area contributed by atoms with Crippen LogP contribution < -0.4 is 10.5 Å². The second kappa shape index (κ2) is 7.60. The molecule has 2 rings (SSSR count). The number of nitrogens with zero attached hydrogens (tertiary/aromatic N) is 1. The fraction of sp³-hybridized carbons (Fsp3) is 0.625. The average Bonchev–Trinajstić information content (AvgIpc) is 2.94. The summed E-state index contributed by atoms with van der Waals surface area (Å²) >= 11 is 0. The molecule has 1 heterocycles. The molecule has 3 nitrogen and oxygen atoms in total. The van der Waals surface area contributed by atoms with Crippen LogP contribution in [-0.4, -0.2) is 37.2 Å². The number of nitrogens with two attached hydrogens (primary N) is 1. The van der Waals surface area contributed by atoms with E-state index in [0.717, 1.165) is 24.3 Å². The Hall–Kier alpha value is -1.13. The number of ether oxygens (including phenoxy) is 1. The van der Waals surface area contributed by atoms with Crippen LogP contribution >= 0.6 is 0 Å². The van der Waals surface area contributed by atoms with E-state index in [0.29, 0.717) is 13.0 Å². The highest BCUT2D eigenvalue weighted by Gasteiger charge is 2.13. The molecule has 112 valence electrons. The molecule has 20 heavy (non-hydrogen) atoms. The number of hydrogen-bond donors (Lipinski definition) is 1. The Kier molecular flexibility index (Phi) is 5.80. The van der Waals surface area contributed by atoms with E-state index in [-0.39, 0.29) is 11.9 Å². The predicted molar refractivity (Wildman–Crippen MR) is 79.5 cm³/mol. The fourth-order valence-corrected chi connectivity index (χ4v) is 2.57. The Morgan fingerprint density at radius 1 is 1.35 bits per heavy atom. The van der Waals surface area contributed by atoms with Gasteiger partial charge < -0.3 is 10.5 Å². The molecular formula is C16H25FN2O. The molecule has 1 saturated heterocycles. The fourth-order valence-electron chi connectivity index (χ4n) is 2.57. The Labute approximate surface area is 120 Å². The molecule has 1 atom stereocenters. The second-order valence-corrected chi connectivity index (χ2v) is 5.52. The van der Waals surface area contributed by atoms with Gasteiger partial charge >= 0.3 is 0 Å². The average molecular weight is 280 g/mol. The summed E-state index contributed by atoms with van der Waals surface area (Å²) in [4.78, 5) is 2.40. The van der Waals surface area contributed by atoms with Gasteiger partial charge in [0.15, 0.2) is 0 Å². The number of halogens is 1. The molecule has 4 heteroatoms. The lowest BCUT2D eigenvalue weighted by Gasteiger charge is -2.17. The molecule has 2 N–H and O–H groups in total. The van der Waals surface area contributed by atoms with Crippen molar-refractivity contribution in [3.8, 4) is 5.75 Å². The zero-order chi connectivity index (χ0) is 14.4. The maximum Gasteiger partial charge on any atom is 0.123 e. The van der Waals surface area contributed by atoms with Crippen molar-refractivity contribution in [2.24, 2.45) is 5.73 Å². The first-order valence-corrected chi connectivity index (χ1v) is 7.58. The smallest absolute Gasteiger partial charge is 0.123 e. The highest BCUT2D eigenvalue weighted by Crippen LogP contribution is 2.22. The van der Waals surface area contributed by atoms with Gasteiger partial charge in [-0.25, -0.2) is 4.39 Å². The van der Waals surface area contributed by atoms with Gasteiger partial charge in [-0.05, 0) is 62.5 Å². The number of hydrogen-bond acceptors (Lipinski definition) is 3. The third-order valence-corrected chi connectivity index (χ3v) is 3.89. The number of benzene rings is 1. The molecule has 1 aromatic carbocycles. The Bertz CT molecular complexity index is 419. The van der Waals surface area contributed by atoms with Crippen molar-refractivity contribution < 1.29 is 9.13 Å². The van der Waals surface area contributed by atoms with Gasteiger partial charge in [-0.1, -0.05) is 6.92 Å². The van der Waals surface area contributed by atoms with E-state index in [1.165, 1.54) is 32.0 Å². The summed E-state index contributed by atoms with van der Waals surface area (Å²) in [6.07, 6.45) is 4.11. The summed E-state index contributed by atoms with van der Waals surface area (Å²) in [7, 11) is 0. The van der Waals surface area contributed by atoms with E-state index < -0.39 is 0 Å². The minimum Gasteiger partial charge on any atom is -0.492 e. The normalized spacial score (nSPS) is 17.4. The third kappa shape index (κ3) is 4.46. The molecule has 0 bridgehead atoms. The molecule has 1 unspecified atom stereocenters. The van der Waals surface area contributed by atoms with E-state index in [4.69, 9.17) is 10.5 Å². The van der Waals surface area contributed by atoms with Crippen molar-refractivity contribution in [2.45, 2.75) is 38.6 Å². The quantitative estimate of drug-likeness (QED) is 0.834. The second-order valence-electron chi connectivity index (χ2n) is 5.52. The van der Waals surface area contributed by atoms with E-state index in [2.05, 4.69) is 4.90 Å². The van der Waals surface area contributed by atoms with Crippen LogP contribution in [0.3, 0.4) is 0 Å². The monoisotopic (exact) mass is 280 g/mol. The largest absolute Gasteiger partial charge is 0.492 e. The Morgan fingerprint density at radius 2 is 2.10 bits per heavy atom. The van der Waals surface area contributed by atoms with Crippen molar-refractivity contribution in [1.82, 2.24) is 4.90 Å². The molecular weight excluding hydrogens is 255 g/mol. The molecule has 1 fully saturated rings. The Morgan fingerprint density at radius 3 is 2.80 bits per heavy atom. The van der Waals surface area contributed by atoms with Crippen molar-refractivity contribution in [3.05, 3.63) is 29.6 Å². The molecule has 0 spiro atoms. The number of rotatable bonds is 7. The number of likely N-dealkylation sites (tertiary alicyclic amines) is 1. The van der Waals surface area contributed by atoms with Gasteiger partial charge in [0.05, 0.1) is 0 Å². The minimum atomic E-state index is -0.227. The van der Waals surface area contributed by atoms with E-state index in [1.807, 2.05) is 6.92 Å². The highest BCUT2D eigenvalue weighted by molar-refractivity contribution is 5.34. The lowest BCUT2D eigenvalue weighted by molar-refractivity contribution is 0.236. The first kappa shape index (κ1) is 15.3. The van der Waals surface area contributed by atoms with Gasteiger partial charge in [-0.2, -0.15) is 0 Å². The zero-order valence-electron chi connectivity index (χ0n) is 12.3. The van der Waals surface area contributed by atoms with Crippen molar-refractivity contribution >= 4 is 0 Å². The molecule has 0 amide bonds. The van der Waals surface area contributed by atoms with Crippen molar-refractivity contribution in [2.75, 3.05) is 26.2 Å². The lowest BCUT2D eigenvalue weighted by Crippen LogP contribution is -2.25. The topological polar surface area (TPSA) is 38.5 Å². The van der Waals surface area contributed by atoms with Gasteiger partial charge in [0.25, 0.3) is 0 Å². The highest BCUT2D eigenvalue weighted by atomic mass is 19.1. The summed E-state index contributed by atoms with van der Waals surface area (Å²) in [5, 5.41) is 0. The van der Waals surface area contributed by atoms with Crippen LogP contribution in [0.25, 0.3) is 0 Å². The van der Waals surface area contributed by atoms with Crippen LogP contribution in [0.1, 0.15) is 31.7 Å². The zero-order valence-corrected chi connectivity index (χ0v) is 12.3. The van der Waals surface area contributed by atoms with Gasteiger partial charge in [-0.15, -0.1) is 0 Å². The van der Waals surface area contributed by atoms with Gasteiger partial charge in [0.1, 0.15) is 18.2 Å². The lowest BCUT2D eigenvalue weighted by atomic mass is 10.0. The summed E-state index contributed by atoms with van der Waals surface area (Å²) in [6, 6.07) is 4.77. The summed E-state index contributed by atoms with van der Waals surface area (Å²) in [6.45, 7) is 5.97.